The van der Waals surface area contributed by atoms with Crippen LogP contribution in [-0.4, -0.2) is 36.8 Å². The zero-order chi connectivity index (χ0) is 7.28. The Hall–Kier alpha value is -0.590. The molecule has 0 rings (SSSR count). The molecule has 52 valence electrons. The van der Waals surface area contributed by atoms with Gasteiger partial charge in [0.25, 0.3) is 0 Å². The molecule has 0 bridgehead atoms. The minimum absolute atomic E-state index is 0.00463. The predicted octanol–water partition coefficient (Wildman–Crippen LogP) is -0.177. The molecule has 3 nitrogen and oxygen atoms in total. The molecule has 0 aromatic rings. The largest absolute Gasteiger partial charge is 0.395 e. The highest BCUT2D eigenvalue weighted by Crippen LogP contribution is 1.95. The van der Waals surface area contributed by atoms with Gasteiger partial charge >= 0.3 is 0 Å². The highest BCUT2D eigenvalue weighted by atomic mass is 16.3. The van der Waals surface area contributed by atoms with Crippen LogP contribution in [0.3, 0.4) is 0 Å². The predicted molar refractivity (Wildman–Crippen MR) is 34.8 cm³/mol. The van der Waals surface area contributed by atoms with Crippen LogP contribution < -0.4 is 0 Å². The first kappa shape index (κ1) is 8.41. The summed E-state index contributed by atoms with van der Waals surface area (Å²) in [5.74, 6) is 0. The summed E-state index contributed by atoms with van der Waals surface area (Å²) in [6.07, 6.45) is 0.392. The van der Waals surface area contributed by atoms with E-state index in [0.717, 1.165) is 0 Å². The van der Waals surface area contributed by atoms with Crippen molar-refractivity contribution in [3.63, 3.8) is 0 Å². The highest BCUT2D eigenvalue weighted by Gasteiger charge is 2.07. The number of nitriles is 1. The van der Waals surface area contributed by atoms with Crippen LogP contribution in [0.5, 0.6) is 0 Å². The highest BCUT2D eigenvalue weighted by molar-refractivity contribution is 4.79. The lowest BCUT2D eigenvalue weighted by atomic mass is 10.2. The molecular formula is C6H12N2O. The third-order valence-corrected chi connectivity index (χ3v) is 1.27. The van der Waals surface area contributed by atoms with Gasteiger partial charge in [-0.3, -0.25) is 0 Å². The monoisotopic (exact) mass is 128 g/mol. The SMILES string of the molecule is CN(C)C(CO)CC#N. The summed E-state index contributed by atoms with van der Waals surface area (Å²) in [6, 6.07) is 1.99. The van der Waals surface area contributed by atoms with Crippen molar-refractivity contribution in [2.45, 2.75) is 12.5 Å². The van der Waals surface area contributed by atoms with Crippen LogP contribution in [0.15, 0.2) is 0 Å². The van der Waals surface area contributed by atoms with Gasteiger partial charge in [0.05, 0.1) is 19.1 Å². The summed E-state index contributed by atoms with van der Waals surface area (Å²) in [7, 11) is 3.69. The van der Waals surface area contributed by atoms with Crippen LogP contribution in [0.4, 0.5) is 0 Å². The van der Waals surface area contributed by atoms with Gasteiger partial charge in [-0.25, -0.2) is 0 Å². The normalized spacial score (nSPS) is 13.2. The van der Waals surface area contributed by atoms with E-state index in [9.17, 15) is 0 Å². The average molecular weight is 128 g/mol. The number of likely N-dealkylation sites (N-methyl/N-ethyl adjacent to an activating group) is 1. The molecule has 1 N–H and O–H groups in total. The third-order valence-electron chi connectivity index (χ3n) is 1.27. The quantitative estimate of drug-likeness (QED) is 0.573. The Morgan fingerprint density at radius 2 is 2.22 bits per heavy atom. The first-order valence-electron chi connectivity index (χ1n) is 2.86. The first-order valence-corrected chi connectivity index (χ1v) is 2.86. The molecular weight excluding hydrogens is 116 g/mol. The molecule has 1 unspecified atom stereocenters. The Kier molecular flexibility index (Phi) is 4.02. The van der Waals surface area contributed by atoms with Crippen LogP contribution >= 0.6 is 0 Å². The number of hydrogen-bond acceptors (Lipinski definition) is 3. The minimum Gasteiger partial charge on any atom is -0.395 e. The fourth-order valence-electron chi connectivity index (χ4n) is 0.516. The maximum atomic E-state index is 8.63. The van der Waals surface area contributed by atoms with E-state index in [1.54, 1.807) is 0 Å². The molecule has 0 radical (unpaired) electrons. The molecule has 3 heteroatoms. The third kappa shape index (κ3) is 3.07. The molecule has 0 saturated heterocycles. The molecule has 0 amide bonds. The van der Waals surface area contributed by atoms with E-state index in [1.165, 1.54) is 0 Å². The lowest BCUT2D eigenvalue weighted by Gasteiger charge is -2.18. The van der Waals surface area contributed by atoms with Crippen molar-refractivity contribution in [1.29, 1.82) is 5.26 Å². The molecule has 0 aromatic heterocycles. The van der Waals surface area contributed by atoms with E-state index in [-0.39, 0.29) is 12.6 Å². The Labute approximate surface area is 55.5 Å². The van der Waals surface area contributed by atoms with E-state index in [0.29, 0.717) is 6.42 Å². The van der Waals surface area contributed by atoms with Crippen LogP contribution in [0, 0.1) is 11.3 Å². The van der Waals surface area contributed by atoms with Crippen LogP contribution in [0.25, 0.3) is 0 Å². The second-order valence-electron chi connectivity index (χ2n) is 2.16. The van der Waals surface area contributed by atoms with Gasteiger partial charge in [0.1, 0.15) is 0 Å². The van der Waals surface area contributed by atoms with Crippen molar-refractivity contribution in [3.8, 4) is 6.07 Å². The van der Waals surface area contributed by atoms with Crippen molar-refractivity contribution in [2.75, 3.05) is 20.7 Å². The standard InChI is InChI=1S/C6H12N2O/c1-8(2)6(5-9)3-4-7/h6,9H,3,5H2,1-2H3. The Morgan fingerprint density at radius 3 is 2.33 bits per heavy atom. The Bertz CT molecular complexity index is 106. The molecule has 1 atom stereocenters. The fraction of sp³-hybridized carbons (Fsp3) is 0.833. The van der Waals surface area contributed by atoms with E-state index in [2.05, 4.69) is 0 Å². The summed E-state index contributed by atoms with van der Waals surface area (Å²) in [6.45, 7) is 0.0561. The van der Waals surface area contributed by atoms with Gasteiger partial charge in [-0.2, -0.15) is 5.26 Å². The van der Waals surface area contributed by atoms with Gasteiger partial charge in [0.2, 0.25) is 0 Å². The molecule has 0 aliphatic heterocycles. The topological polar surface area (TPSA) is 47.3 Å². The molecule has 0 heterocycles. The summed E-state index contributed by atoms with van der Waals surface area (Å²) >= 11 is 0. The Balaban J connectivity index is 3.57. The Morgan fingerprint density at radius 1 is 1.67 bits per heavy atom. The van der Waals surface area contributed by atoms with Crippen LogP contribution in [0.1, 0.15) is 6.42 Å². The first-order chi connectivity index (χ1) is 4.22. The molecule has 0 fully saturated rings. The number of nitrogens with zero attached hydrogens (tertiary/aromatic N) is 2. The van der Waals surface area contributed by atoms with E-state index in [1.807, 2.05) is 25.1 Å². The summed E-state index contributed by atoms with van der Waals surface area (Å²) in [4.78, 5) is 1.84. The fourth-order valence-corrected chi connectivity index (χ4v) is 0.516. The maximum Gasteiger partial charge on any atom is 0.0639 e. The van der Waals surface area contributed by atoms with Crippen LogP contribution in [-0.2, 0) is 0 Å². The van der Waals surface area contributed by atoms with Gasteiger partial charge < -0.3 is 10.0 Å². The van der Waals surface area contributed by atoms with Crippen molar-refractivity contribution >= 4 is 0 Å². The molecule has 0 aliphatic carbocycles. The zero-order valence-corrected chi connectivity index (χ0v) is 5.83. The lowest BCUT2D eigenvalue weighted by Crippen LogP contribution is -2.30. The summed E-state index contributed by atoms with van der Waals surface area (Å²) in [5.41, 5.74) is 0. The van der Waals surface area contributed by atoms with Crippen LogP contribution in [0.2, 0.25) is 0 Å². The van der Waals surface area contributed by atoms with Gasteiger partial charge in [0, 0.05) is 6.04 Å². The summed E-state index contributed by atoms with van der Waals surface area (Å²) in [5, 5.41) is 16.9. The lowest BCUT2D eigenvalue weighted by molar-refractivity contribution is 0.172. The minimum atomic E-state index is -0.00463. The van der Waals surface area contributed by atoms with Gasteiger partial charge in [0.15, 0.2) is 0 Å². The number of aliphatic hydroxyl groups is 1. The van der Waals surface area contributed by atoms with Gasteiger partial charge in [-0.1, -0.05) is 0 Å². The number of hydrogen-bond donors (Lipinski definition) is 1. The van der Waals surface area contributed by atoms with Gasteiger partial charge in [-0.05, 0) is 14.1 Å². The zero-order valence-electron chi connectivity index (χ0n) is 5.83. The molecule has 0 aromatic carbocycles. The van der Waals surface area contributed by atoms with Crippen molar-refractivity contribution in [2.24, 2.45) is 0 Å². The molecule has 9 heavy (non-hydrogen) atoms. The van der Waals surface area contributed by atoms with Gasteiger partial charge in [-0.15, -0.1) is 0 Å². The van der Waals surface area contributed by atoms with Crippen molar-refractivity contribution in [1.82, 2.24) is 4.90 Å². The van der Waals surface area contributed by atoms with Crippen molar-refractivity contribution in [3.05, 3.63) is 0 Å². The molecule has 0 aliphatic rings. The number of aliphatic hydroxyl groups excluding tert-OH is 1. The van der Waals surface area contributed by atoms with E-state index < -0.39 is 0 Å². The van der Waals surface area contributed by atoms with E-state index >= 15 is 0 Å². The average Bonchev–Trinajstić information content (AvgIpc) is 1.82. The second kappa shape index (κ2) is 4.30. The molecule has 0 spiro atoms. The maximum absolute atomic E-state index is 8.63. The second-order valence-corrected chi connectivity index (χ2v) is 2.16. The smallest absolute Gasteiger partial charge is 0.0639 e. The van der Waals surface area contributed by atoms with E-state index in [4.69, 9.17) is 10.4 Å². The molecule has 0 saturated carbocycles. The summed E-state index contributed by atoms with van der Waals surface area (Å²) < 4.78 is 0. The number of rotatable bonds is 3. The van der Waals surface area contributed by atoms with Crippen molar-refractivity contribution < 1.29 is 5.11 Å².